The number of benzene rings is 2. The van der Waals surface area contributed by atoms with E-state index in [0.29, 0.717) is 6.07 Å². The van der Waals surface area contributed by atoms with Gasteiger partial charge in [-0.2, -0.15) is 13.5 Å². The van der Waals surface area contributed by atoms with E-state index in [4.69, 9.17) is 20.9 Å². The molecule has 2 rings (SSSR count). The van der Waals surface area contributed by atoms with Crippen LogP contribution in [0.5, 0.6) is 0 Å². The lowest BCUT2D eigenvalue weighted by Crippen LogP contribution is -2.28. The van der Waals surface area contributed by atoms with Crippen molar-refractivity contribution >= 4 is 22.3 Å². The Morgan fingerprint density at radius 2 is 1.69 bits per heavy atom. The Balaban J connectivity index is 0.000000273. The SMILES string of the molecule is Cc1ccc(S(=O)(=O)O)cc1.N=C(N)N(O)/N=C/c1cc(F)cc(F)c1. The number of aryl methyl sites for hydroxylation is 1. The van der Waals surface area contributed by atoms with Crippen LogP contribution in [-0.2, 0) is 10.1 Å². The number of nitrogens with zero attached hydrogens (tertiary/aromatic N) is 2. The van der Waals surface area contributed by atoms with Crippen molar-refractivity contribution in [1.29, 1.82) is 5.41 Å². The fourth-order valence-corrected chi connectivity index (χ4v) is 2.02. The van der Waals surface area contributed by atoms with Crippen LogP contribution >= 0.6 is 0 Å². The lowest BCUT2D eigenvalue weighted by molar-refractivity contribution is -0.0139. The Kier molecular flexibility index (Phi) is 7.31. The molecule has 140 valence electrons. The fraction of sp³-hybridized carbons (Fsp3) is 0.0667. The summed E-state index contributed by atoms with van der Waals surface area (Å²) < 4.78 is 54.9. The Bertz CT molecular complexity index is 882. The first-order valence-electron chi connectivity index (χ1n) is 6.86. The highest BCUT2D eigenvalue weighted by Gasteiger charge is 2.06. The molecule has 0 amide bonds. The van der Waals surface area contributed by atoms with Crippen molar-refractivity contribution in [2.45, 2.75) is 11.8 Å². The van der Waals surface area contributed by atoms with E-state index in [2.05, 4.69) is 5.10 Å². The van der Waals surface area contributed by atoms with E-state index in [1.165, 1.54) is 12.1 Å². The topological polar surface area (TPSA) is 140 Å². The smallest absolute Gasteiger partial charge is 0.294 e. The third kappa shape index (κ3) is 7.34. The van der Waals surface area contributed by atoms with Gasteiger partial charge in [-0.05, 0) is 31.2 Å². The molecular weight excluding hydrogens is 370 g/mol. The first-order chi connectivity index (χ1) is 12.0. The quantitative estimate of drug-likeness (QED) is 0.276. The summed E-state index contributed by atoms with van der Waals surface area (Å²) in [6.07, 6.45) is 0.966. The van der Waals surface area contributed by atoms with E-state index in [-0.39, 0.29) is 15.6 Å². The molecule has 0 unspecified atom stereocenters. The zero-order chi connectivity index (χ0) is 19.9. The molecule has 0 aliphatic heterocycles. The highest BCUT2D eigenvalue weighted by atomic mass is 32.2. The number of hydrogen-bond donors (Lipinski definition) is 4. The maximum Gasteiger partial charge on any atom is 0.294 e. The summed E-state index contributed by atoms with van der Waals surface area (Å²) >= 11 is 0. The van der Waals surface area contributed by atoms with E-state index in [1.807, 2.05) is 6.92 Å². The molecule has 8 nitrogen and oxygen atoms in total. The van der Waals surface area contributed by atoms with Gasteiger partial charge in [0.15, 0.2) is 0 Å². The second-order valence-electron chi connectivity index (χ2n) is 4.91. The second kappa shape index (κ2) is 8.99. The van der Waals surface area contributed by atoms with Gasteiger partial charge in [-0.1, -0.05) is 17.7 Å². The van der Waals surface area contributed by atoms with Crippen molar-refractivity contribution in [3.8, 4) is 0 Å². The van der Waals surface area contributed by atoms with Crippen molar-refractivity contribution in [3.63, 3.8) is 0 Å². The zero-order valence-corrected chi connectivity index (χ0v) is 14.3. The van der Waals surface area contributed by atoms with Gasteiger partial charge in [0.25, 0.3) is 10.1 Å². The molecule has 2 aromatic rings. The van der Waals surface area contributed by atoms with Crippen LogP contribution in [0.4, 0.5) is 8.78 Å². The lowest BCUT2D eigenvalue weighted by Gasteiger charge is -2.05. The molecule has 0 heterocycles. The Morgan fingerprint density at radius 3 is 2.12 bits per heavy atom. The van der Waals surface area contributed by atoms with Crippen molar-refractivity contribution in [1.82, 2.24) is 5.17 Å². The first kappa shape index (κ1) is 21.2. The normalized spacial score (nSPS) is 11.0. The molecule has 0 saturated heterocycles. The van der Waals surface area contributed by atoms with Crippen LogP contribution in [0.2, 0.25) is 0 Å². The monoisotopic (exact) mass is 386 g/mol. The summed E-state index contributed by atoms with van der Waals surface area (Å²) in [5.74, 6) is -2.23. The molecule has 11 heteroatoms. The summed E-state index contributed by atoms with van der Waals surface area (Å²) in [4.78, 5) is -0.0666. The van der Waals surface area contributed by atoms with Crippen LogP contribution in [-0.4, -0.2) is 35.5 Å². The second-order valence-corrected chi connectivity index (χ2v) is 6.33. The number of hydroxylamine groups is 1. The molecule has 26 heavy (non-hydrogen) atoms. The molecule has 0 spiro atoms. The number of nitrogens with one attached hydrogen (secondary N) is 1. The predicted octanol–water partition coefficient (Wildman–Crippen LogP) is 2.13. The largest absolute Gasteiger partial charge is 0.367 e. The number of halogens is 2. The third-order valence-electron chi connectivity index (χ3n) is 2.74. The molecule has 0 saturated carbocycles. The van der Waals surface area contributed by atoms with Crippen molar-refractivity contribution in [2.24, 2.45) is 10.8 Å². The summed E-state index contributed by atoms with van der Waals surface area (Å²) in [5, 5.41) is 18.9. The van der Waals surface area contributed by atoms with Crippen molar-refractivity contribution in [3.05, 3.63) is 65.2 Å². The standard InChI is InChI=1S/C8H8F2N4O.C7H8O3S/c9-6-1-5(2-7(10)3-6)4-13-14(15)8(11)12;1-6-2-4-7(5-3-6)11(8,9)10/h1-4,15H,(H3,11,12);2-5H,1H3,(H,8,9,10)/b13-4+;. The van der Waals surface area contributed by atoms with Gasteiger partial charge in [-0.25, -0.2) is 8.78 Å². The summed E-state index contributed by atoms with van der Waals surface area (Å²) in [6, 6.07) is 8.72. The van der Waals surface area contributed by atoms with Crippen molar-refractivity contribution < 1.29 is 27.0 Å². The third-order valence-corrected chi connectivity index (χ3v) is 3.60. The van der Waals surface area contributed by atoms with Gasteiger partial charge in [0, 0.05) is 11.6 Å². The van der Waals surface area contributed by atoms with Gasteiger partial charge in [0.05, 0.1) is 11.1 Å². The van der Waals surface area contributed by atoms with Crippen LogP contribution < -0.4 is 5.73 Å². The zero-order valence-electron chi connectivity index (χ0n) is 13.5. The van der Waals surface area contributed by atoms with Gasteiger partial charge in [0.1, 0.15) is 11.6 Å². The highest BCUT2D eigenvalue weighted by molar-refractivity contribution is 7.85. The Hall–Kier alpha value is -2.89. The molecule has 0 aliphatic carbocycles. The highest BCUT2D eigenvalue weighted by Crippen LogP contribution is 2.08. The van der Waals surface area contributed by atoms with Gasteiger partial charge in [-0.3, -0.25) is 15.2 Å². The first-order valence-corrected chi connectivity index (χ1v) is 8.30. The van der Waals surface area contributed by atoms with E-state index in [1.54, 1.807) is 12.1 Å². The minimum Gasteiger partial charge on any atom is -0.367 e. The molecule has 0 bridgehead atoms. The fourth-order valence-electron chi connectivity index (χ4n) is 1.54. The molecule has 0 fully saturated rings. The summed E-state index contributed by atoms with van der Waals surface area (Å²) in [7, 11) is -4.02. The molecular formula is C15H16F2N4O4S. The number of hydrazone groups is 1. The maximum atomic E-state index is 12.7. The lowest BCUT2D eigenvalue weighted by atomic mass is 10.2. The minimum atomic E-state index is -4.02. The van der Waals surface area contributed by atoms with E-state index >= 15 is 0 Å². The molecule has 0 aliphatic rings. The molecule has 5 N–H and O–H groups in total. The number of guanidine groups is 1. The molecule has 2 aromatic carbocycles. The Morgan fingerprint density at radius 1 is 1.19 bits per heavy atom. The molecule has 0 atom stereocenters. The van der Waals surface area contributed by atoms with Crippen LogP contribution in [0.25, 0.3) is 0 Å². The molecule has 0 radical (unpaired) electrons. The Labute approximate surface area is 148 Å². The van der Waals surface area contributed by atoms with E-state index in [9.17, 15) is 17.2 Å². The van der Waals surface area contributed by atoms with Crippen molar-refractivity contribution in [2.75, 3.05) is 0 Å². The average molecular weight is 386 g/mol. The van der Waals surface area contributed by atoms with Crippen LogP contribution in [0, 0.1) is 24.0 Å². The van der Waals surface area contributed by atoms with E-state index in [0.717, 1.165) is 23.9 Å². The number of hydrogen-bond acceptors (Lipinski definition) is 5. The predicted molar refractivity (Wildman–Crippen MR) is 90.5 cm³/mol. The van der Waals surface area contributed by atoms with Gasteiger partial charge in [0.2, 0.25) is 5.96 Å². The summed E-state index contributed by atoms with van der Waals surface area (Å²) in [5.41, 5.74) is 5.92. The van der Waals surface area contributed by atoms with E-state index < -0.39 is 27.7 Å². The minimum absolute atomic E-state index is 0.0666. The van der Waals surface area contributed by atoms with Gasteiger partial charge < -0.3 is 5.73 Å². The maximum absolute atomic E-state index is 12.7. The van der Waals surface area contributed by atoms with Crippen LogP contribution in [0.3, 0.4) is 0 Å². The van der Waals surface area contributed by atoms with Gasteiger partial charge in [-0.15, -0.1) is 5.17 Å². The van der Waals surface area contributed by atoms with Gasteiger partial charge >= 0.3 is 0 Å². The number of nitrogens with two attached hydrogens (primary N) is 1. The van der Waals surface area contributed by atoms with Crippen LogP contribution in [0.15, 0.2) is 52.5 Å². The molecule has 0 aromatic heterocycles. The van der Waals surface area contributed by atoms with Crippen LogP contribution in [0.1, 0.15) is 11.1 Å². The summed E-state index contributed by atoms with van der Waals surface area (Å²) in [6.45, 7) is 1.84. The number of rotatable bonds is 3. The average Bonchev–Trinajstić information content (AvgIpc) is 2.51.